The van der Waals surface area contributed by atoms with E-state index in [-0.39, 0.29) is 30.2 Å². The predicted octanol–water partition coefficient (Wildman–Crippen LogP) is 1.03. The molecule has 6 nitrogen and oxygen atoms in total. The highest BCUT2D eigenvalue weighted by molar-refractivity contribution is 7.89. The van der Waals surface area contributed by atoms with Crippen LogP contribution in [0.3, 0.4) is 0 Å². The molecule has 0 radical (unpaired) electrons. The van der Waals surface area contributed by atoms with Crippen molar-refractivity contribution in [3.05, 3.63) is 59.7 Å². The molecule has 7 heteroatoms. The van der Waals surface area contributed by atoms with Gasteiger partial charge in [-0.05, 0) is 30.2 Å². The zero-order valence-corrected chi connectivity index (χ0v) is 13.7. The molecule has 1 aliphatic rings. The molecule has 3 rings (SSSR count). The summed E-state index contributed by atoms with van der Waals surface area (Å²) < 4.78 is 26.9. The normalized spacial score (nSPS) is 22.9. The van der Waals surface area contributed by atoms with Gasteiger partial charge in [0.2, 0.25) is 10.0 Å². The van der Waals surface area contributed by atoms with Crippen molar-refractivity contribution in [2.75, 3.05) is 13.2 Å². The largest absolute Gasteiger partial charge is 0.508 e. The number of fused-ring (bicyclic) bond motifs is 1. The maximum atomic E-state index is 12.9. The highest BCUT2D eigenvalue weighted by Gasteiger charge is 2.43. The molecule has 0 bridgehead atoms. The first kappa shape index (κ1) is 16.9. The third-order valence-electron chi connectivity index (χ3n) is 4.23. The number of aliphatic hydroxyl groups excluding tert-OH is 2. The van der Waals surface area contributed by atoms with Gasteiger partial charge in [-0.2, -0.15) is 4.31 Å². The summed E-state index contributed by atoms with van der Waals surface area (Å²) in [6.07, 6.45) is -0.790. The van der Waals surface area contributed by atoms with Crippen molar-refractivity contribution in [3.63, 3.8) is 0 Å². The molecule has 1 heterocycles. The van der Waals surface area contributed by atoms with Crippen LogP contribution in [-0.2, 0) is 16.4 Å². The first-order valence-electron chi connectivity index (χ1n) is 7.63. The van der Waals surface area contributed by atoms with E-state index in [1.165, 1.54) is 18.2 Å². The fourth-order valence-electron chi connectivity index (χ4n) is 3.15. The third-order valence-corrected chi connectivity index (χ3v) is 6.23. The second kappa shape index (κ2) is 6.52. The van der Waals surface area contributed by atoms with Crippen LogP contribution in [0.25, 0.3) is 0 Å². The summed E-state index contributed by atoms with van der Waals surface area (Å²) in [4.78, 5) is 0.0677. The second-order valence-electron chi connectivity index (χ2n) is 5.76. The first-order chi connectivity index (χ1) is 11.4. The van der Waals surface area contributed by atoms with E-state index in [0.29, 0.717) is 11.1 Å². The van der Waals surface area contributed by atoms with Gasteiger partial charge in [-0.1, -0.05) is 30.3 Å². The summed E-state index contributed by atoms with van der Waals surface area (Å²) in [6, 6.07) is 12.1. The lowest BCUT2D eigenvalue weighted by atomic mass is 9.95. The van der Waals surface area contributed by atoms with Crippen LogP contribution in [0.1, 0.15) is 17.2 Å². The van der Waals surface area contributed by atoms with Crippen LogP contribution in [0.4, 0.5) is 0 Å². The lowest BCUT2D eigenvalue weighted by Gasteiger charge is -2.39. The van der Waals surface area contributed by atoms with Gasteiger partial charge in [-0.25, -0.2) is 8.42 Å². The van der Waals surface area contributed by atoms with Crippen LogP contribution in [-0.4, -0.2) is 47.2 Å². The molecular weight excluding hydrogens is 330 g/mol. The Morgan fingerprint density at radius 2 is 1.83 bits per heavy atom. The van der Waals surface area contributed by atoms with Gasteiger partial charge in [-0.15, -0.1) is 0 Å². The standard InChI is InChI=1S/C17H19NO5S/c19-9-8-18-15(11-12-4-3-5-13(20)10-12)17(21)14-6-1-2-7-16(14)24(18,22)23/h1-7,10,15,17,19-21H,8-9,11H2/t15-,17-/m0/s1. The minimum atomic E-state index is -3.81. The van der Waals surface area contributed by atoms with Crippen molar-refractivity contribution >= 4 is 10.0 Å². The van der Waals surface area contributed by atoms with Gasteiger partial charge in [0.15, 0.2) is 0 Å². The lowest BCUT2D eigenvalue weighted by Crippen LogP contribution is -2.50. The quantitative estimate of drug-likeness (QED) is 0.766. The molecule has 2 aromatic carbocycles. The molecule has 2 atom stereocenters. The number of aliphatic hydroxyl groups is 2. The molecule has 0 aromatic heterocycles. The Kier molecular flexibility index (Phi) is 4.60. The van der Waals surface area contributed by atoms with Gasteiger partial charge in [-0.3, -0.25) is 0 Å². The van der Waals surface area contributed by atoms with E-state index in [2.05, 4.69) is 0 Å². The van der Waals surface area contributed by atoms with Crippen molar-refractivity contribution in [2.45, 2.75) is 23.5 Å². The van der Waals surface area contributed by atoms with Crippen LogP contribution in [0, 0.1) is 0 Å². The van der Waals surface area contributed by atoms with Crippen molar-refractivity contribution in [2.24, 2.45) is 0 Å². The Balaban J connectivity index is 2.06. The predicted molar refractivity (Wildman–Crippen MR) is 88.0 cm³/mol. The van der Waals surface area contributed by atoms with Crippen LogP contribution >= 0.6 is 0 Å². The van der Waals surface area contributed by atoms with Crippen LogP contribution in [0.15, 0.2) is 53.4 Å². The molecule has 24 heavy (non-hydrogen) atoms. The van der Waals surface area contributed by atoms with Gasteiger partial charge in [0.1, 0.15) is 5.75 Å². The summed E-state index contributed by atoms with van der Waals surface area (Å²) >= 11 is 0. The molecule has 2 aromatic rings. The molecule has 0 aliphatic carbocycles. The Bertz CT molecular complexity index is 836. The van der Waals surface area contributed by atoms with Crippen LogP contribution in [0.5, 0.6) is 5.75 Å². The van der Waals surface area contributed by atoms with E-state index >= 15 is 0 Å². The Morgan fingerprint density at radius 1 is 1.08 bits per heavy atom. The number of aromatic hydroxyl groups is 1. The molecule has 0 saturated carbocycles. The van der Waals surface area contributed by atoms with Gasteiger partial charge in [0, 0.05) is 12.1 Å². The van der Waals surface area contributed by atoms with Crippen LogP contribution in [0.2, 0.25) is 0 Å². The monoisotopic (exact) mass is 349 g/mol. The molecule has 0 unspecified atom stereocenters. The number of rotatable bonds is 4. The number of phenolic OH excluding ortho intramolecular Hbond substituents is 1. The maximum absolute atomic E-state index is 12.9. The van der Waals surface area contributed by atoms with E-state index in [1.54, 1.807) is 30.3 Å². The van der Waals surface area contributed by atoms with Gasteiger partial charge >= 0.3 is 0 Å². The second-order valence-corrected chi connectivity index (χ2v) is 7.62. The molecular formula is C17H19NO5S. The Labute approximate surface area is 140 Å². The van der Waals surface area contributed by atoms with E-state index in [0.717, 1.165) is 4.31 Å². The molecule has 128 valence electrons. The number of nitrogens with zero attached hydrogens (tertiary/aromatic N) is 1. The summed E-state index contributed by atoms with van der Waals surface area (Å²) in [5.41, 5.74) is 1.06. The number of hydrogen-bond donors (Lipinski definition) is 3. The molecule has 0 amide bonds. The smallest absolute Gasteiger partial charge is 0.243 e. The number of β-amino-alcohol motifs (C(OH)–C–C–N with tert-alkyl or cyclic N) is 1. The SMILES string of the molecule is O=S1(=O)c2ccccc2[C@H](O)[C@H](Cc2cccc(O)c2)N1CCO. The summed E-state index contributed by atoms with van der Waals surface area (Å²) in [5.74, 6) is 0.0785. The molecule has 0 spiro atoms. The van der Waals surface area contributed by atoms with Crippen molar-refractivity contribution in [1.82, 2.24) is 4.31 Å². The fourth-order valence-corrected chi connectivity index (χ4v) is 5.01. The van der Waals surface area contributed by atoms with E-state index < -0.39 is 22.2 Å². The van der Waals surface area contributed by atoms with Crippen molar-refractivity contribution < 1.29 is 23.7 Å². The van der Waals surface area contributed by atoms with Gasteiger partial charge in [0.05, 0.1) is 23.6 Å². The maximum Gasteiger partial charge on any atom is 0.243 e. The summed E-state index contributed by atoms with van der Waals surface area (Å²) in [5, 5.41) is 29.6. The lowest BCUT2D eigenvalue weighted by molar-refractivity contribution is 0.0724. The Hall–Kier alpha value is -1.93. The fraction of sp³-hybridized carbons (Fsp3) is 0.294. The zero-order valence-electron chi connectivity index (χ0n) is 12.9. The summed E-state index contributed by atoms with van der Waals surface area (Å²) in [6.45, 7) is -0.443. The first-order valence-corrected chi connectivity index (χ1v) is 9.07. The minimum Gasteiger partial charge on any atom is -0.508 e. The minimum absolute atomic E-state index is 0.0677. The van der Waals surface area contributed by atoms with E-state index in [9.17, 15) is 23.7 Å². The topological polar surface area (TPSA) is 98.1 Å². The van der Waals surface area contributed by atoms with Crippen molar-refractivity contribution in [3.8, 4) is 5.75 Å². The molecule has 0 fully saturated rings. The van der Waals surface area contributed by atoms with E-state index in [1.807, 2.05) is 0 Å². The van der Waals surface area contributed by atoms with E-state index in [4.69, 9.17) is 0 Å². The summed E-state index contributed by atoms with van der Waals surface area (Å²) in [7, 11) is -3.81. The third kappa shape index (κ3) is 2.91. The number of benzene rings is 2. The number of sulfonamides is 1. The highest BCUT2D eigenvalue weighted by Crippen LogP contribution is 2.37. The Morgan fingerprint density at radius 3 is 2.54 bits per heavy atom. The zero-order chi connectivity index (χ0) is 17.3. The van der Waals surface area contributed by atoms with Gasteiger partial charge < -0.3 is 15.3 Å². The molecule has 0 saturated heterocycles. The van der Waals surface area contributed by atoms with Gasteiger partial charge in [0.25, 0.3) is 0 Å². The van der Waals surface area contributed by atoms with Crippen LogP contribution < -0.4 is 0 Å². The number of hydrogen-bond acceptors (Lipinski definition) is 5. The molecule has 1 aliphatic heterocycles. The highest BCUT2D eigenvalue weighted by atomic mass is 32.2. The average Bonchev–Trinajstić information content (AvgIpc) is 2.56. The molecule has 3 N–H and O–H groups in total. The number of phenols is 1. The van der Waals surface area contributed by atoms with Crippen molar-refractivity contribution in [1.29, 1.82) is 0 Å². The average molecular weight is 349 g/mol.